The van der Waals surface area contributed by atoms with E-state index in [4.69, 9.17) is 0 Å². The molecule has 16 heteroatoms. The Hall–Kier alpha value is -1.58. The Morgan fingerprint density at radius 2 is 1.13 bits per heavy atom. The average Bonchev–Trinajstić information content (AvgIpc) is 3.31. The highest BCUT2D eigenvalue weighted by Crippen LogP contribution is 2.63. The molecule has 31 heavy (non-hydrogen) atoms. The molecule has 0 unspecified atom stereocenters. The van der Waals surface area contributed by atoms with E-state index in [2.05, 4.69) is 0 Å². The number of hydrogen-bond acceptors (Lipinski definition) is 2. The summed E-state index contributed by atoms with van der Waals surface area (Å²) >= 11 is 0.919. The summed E-state index contributed by atoms with van der Waals surface area (Å²) in [6.45, 7) is 0. The second-order valence-electron chi connectivity index (χ2n) is 5.94. The van der Waals surface area contributed by atoms with Crippen molar-refractivity contribution in [1.29, 1.82) is 0 Å². The molecule has 2 aromatic rings. The van der Waals surface area contributed by atoms with Gasteiger partial charge >= 0.3 is 42.0 Å². The van der Waals surface area contributed by atoms with Gasteiger partial charge in [0.1, 0.15) is 0 Å². The summed E-state index contributed by atoms with van der Waals surface area (Å²) in [5.41, 5.74) is -1.98. The fraction of sp³-hybridized carbons (Fsp3) is 0.467. The molecular formula is C15H6F14S2. The Morgan fingerprint density at radius 3 is 1.58 bits per heavy atom. The normalized spacial score (nSPS) is 15.1. The zero-order valence-electron chi connectivity index (χ0n) is 14.1. The van der Waals surface area contributed by atoms with E-state index in [0.717, 1.165) is 6.07 Å². The molecule has 0 aliphatic carbocycles. The van der Waals surface area contributed by atoms with Gasteiger partial charge in [0.25, 0.3) is 0 Å². The Morgan fingerprint density at radius 1 is 0.613 bits per heavy atom. The molecule has 0 bridgehead atoms. The van der Waals surface area contributed by atoms with Crippen molar-refractivity contribution < 1.29 is 61.5 Å². The van der Waals surface area contributed by atoms with Gasteiger partial charge < -0.3 is 0 Å². The van der Waals surface area contributed by atoms with Crippen LogP contribution in [0.5, 0.6) is 0 Å². The zero-order chi connectivity index (χ0) is 24.3. The Balaban J connectivity index is 2.63. The summed E-state index contributed by atoms with van der Waals surface area (Å²) in [6.07, 6.45) is -5.71. The maximum absolute atomic E-state index is 14.4. The first-order chi connectivity index (χ1) is 13.8. The van der Waals surface area contributed by atoms with Crippen LogP contribution in [0.15, 0.2) is 29.0 Å². The molecule has 0 aromatic carbocycles. The quantitative estimate of drug-likeness (QED) is 0.312. The molecule has 176 valence electrons. The topological polar surface area (TPSA) is 0 Å². The van der Waals surface area contributed by atoms with Crippen LogP contribution in [0.3, 0.4) is 0 Å². The maximum Gasteiger partial charge on any atom is 0.385 e. The third kappa shape index (κ3) is 3.40. The highest BCUT2D eigenvalue weighted by atomic mass is 32.1. The Labute approximate surface area is 171 Å². The second kappa shape index (κ2) is 7.49. The Bertz CT molecular complexity index is 897. The van der Waals surface area contributed by atoms with Gasteiger partial charge in [0.15, 0.2) is 0 Å². The smallest absolute Gasteiger partial charge is 0.203 e. The second-order valence-corrected chi connectivity index (χ2v) is 7.80. The fourth-order valence-corrected chi connectivity index (χ4v) is 4.08. The van der Waals surface area contributed by atoms with E-state index < -0.39 is 52.4 Å². The lowest BCUT2D eigenvalue weighted by atomic mass is 9.89. The van der Waals surface area contributed by atoms with E-state index >= 15 is 0 Å². The maximum atomic E-state index is 14.4. The monoisotopic (exact) mass is 516 g/mol. The van der Waals surface area contributed by atoms with Crippen LogP contribution in [0, 0.1) is 0 Å². The summed E-state index contributed by atoms with van der Waals surface area (Å²) in [4.78, 5) is -1.03. The lowest BCUT2D eigenvalue weighted by molar-refractivity contribution is -0.434. The molecule has 0 atom stereocenters. The number of halogens is 14. The van der Waals surface area contributed by atoms with E-state index in [-0.39, 0.29) is 22.3 Å². The van der Waals surface area contributed by atoms with Crippen LogP contribution < -0.4 is 0 Å². The van der Waals surface area contributed by atoms with Crippen molar-refractivity contribution >= 4 is 22.7 Å². The van der Waals surface area contributed by atoms with Gasteiger partial charge in [-0.05, 0) is 22.9 Å². The third-order valence-electron chi connectivity index (χ3n) is 4.02. The van der Waals surface area contributed by atoms with Crippen LogP contribution in [0.25, 0.3) is 9.75 Å². The predicted octanol–water partition coefficient (Wildman–Crippen LogP) is 8.01. The molecule has 0 aliphatic heterocycles. The molecule has 0 fully saturated rings. The largest absolute Gasteiger partial charge is 0.385 e. The minimum atomic E-state index is -8.02. The molecule has 0 aliphatic rings. The molecule has 2 heterocycles. The number of thiophene rings is 2. The SMILES string of the molecule is FC(F)C(F)(F)C(F)(F)C(F)(F)C(F)(F)C(F)(F)C(F)(F)c1ccsc1-c1cccs1. The summed E-state index contributed by atoms with van der Waals surface area (Å²) in [5.74, 6) is -44.7. The summed E-state index contributed by atoms with van der Waals surface area (Å²) in [5, 5.41) is 1.91. The highest BCUT2D eigenvalue weighted by Gasteiger charge is 2.91. The molecule has 0 saturated carbocycles. The van der Waals surface area contributed by atoms with Gasteiger partial charge in [0.2, 0.25) is 0 Å². The summed E-state index contributed by atoms with van der Waals surface area (Å²) in [7, 11) is 0. The van der Waals surface area contributed by atoms with Gasteiger partial charge in [0, 0.05) is 10.4 Å². The van der Waals surface area contributed by atoms with E-state index in [9.17, 15) is 61.5 Å². The van der Waals surface area contributed by atoms with Gasteiger partial charge in [-0.1, -0.05) is 6.07 Å². The summed E-state index contributed by atoms with van der Waals surface area (Å²) in [6, 6.07) is 2.39. The Kier molecular flexibility index (Phi) is 6.20. The number of rotatable bonds is 8. The predicted molar refractivity (Wildman–Crippen MR) is 82.3 cm³/mol. The van der Waals surface area contributed by atoms with Crippen LogP contribution in [0.1, 0.15) is 5.56 Å². The molecule has 0 nitrogen and oxygen atoms in total. The molecule has 0 radical (unpaired) electrons. The van der Waals surface area contributed by atoms with Crippen LogP contribution in [0.2, 0.25) is 0 Å². The first kappa shape index (κ1) is 25.7. The van der Waals surface area contributed by atoms with Crippen molar-refractivity contribution in [3.63, 3.8) is 0 Å². The van der Waals surface area contributed by atoms with Crippen molar-refractivity contribution in [3.8, 4) is 9.75 Å². The number of hydrogen-bond donors (Lipinski definition) is 0. The lowest BCUT2D eigenvalue weighted by Crippen LogP contribution is -2.71. The van der Waals surface area contributed by atoms with Crippen molar-refractivity contribution in [2.24, 2.45) is 0 Å². The minimum absolute atomic E-state index is 0.119. The van der Waals surface area contributed by atoms with Gasteiger partial charge in [0.05, 0.1) is 4.88 Å². The minimum Gasteiger partial charge on any atom is -0.203 e. The standard InChI is InChI=1S/C15H6F14S2/c16-9(17)11(20,21)13(24,25)15(28,29)14(26,27)12(22,23)10(18,19)6-3-5-31-8(6)7-2-1-4-30-7/h1-5,9H. The highest BCUT2D eigenvalue weighted by molar-refractivity contribution is 7.20. The van der Waals surface area contributed by atoms with E-state index in [1.54, 1.807) is 0 Å². The molecule has 0 saturated heterocycles. The molecule has 2 aromatic heterocycles. The average molecular weight is 516 g/mol. The van der Waals surface area contributed by atoms with Crippen molar-refractivity contribution in [1.82, 2.24) is 0 Å². The van der Waals surface area contributed by atoms with Crippen LogP contribution >= 0.6 is 22.7 Å². The first-order valence-corrected chi connectivity index (χ1v) is 9.21. The zero-order valence-corrected chi connectivity index (χ0v) is 15.7. The van der Waals surface area contributed by atoms with Crippen LogP contribution in [-0.2, 0) is 5.92 Å². The molecule has 0 spiro atoms. The van der Waals surface area contributed by atoms with E-state index in [1.165, 1.54) is 11.4 Å². The van der Waals surface area contributed by atoms with Crippen molar-refractivity contribution in [2.45, 2.75) is 42.0 Å². The van der Waals surface area contributed by atoms with Crippen LogP contribution in [0.4, 0.5) is 61.5 Å². The number of alkyl halides is 14. The van der Waals surface area contributed by atoms with Crippen molar-refractivity contribution in [3.05, 3.63) is 34.5 Å². The van der Waals surface area contributed by atoms with Gasteiger partial charge in [-0.2, -0.15) is 52.7 Å². The lowest BCUT2D eigenvalue weighted by Gasteiger charge is -2.41. The first-order valence-electron chi connectivity index (χ1n) is 7.45. The van der Waals surface area contributed by atoms with Gasteiger partial charge in [-0.3, -0.25) is 0 Å². The molecule has 0 amide bonds. The fourth-order valence-electron chi connectivity index (χ4n) is 2.26. The third-order valence-corrected chi connectivity index (χ3v) is 5.98. The molecule has 2 rings (SSSR count). The van der Waals surface area contributed by atoms with Crippen LogP contribution in [-0.4, -0.2) is 36.0 Å². The van der Waals surface area contributed by atoms with Gasteiger partial charge in [-0.15, -0.1) is 22.7 Å². The van der Waals surface area contributed by atoms with E-state index in [1.807, 2.05) is 0 Å². The van der Waals surface area contributed by atoms with E-state index in [0.29, 0.717) is 16.7 Å². The van der Waals surface area contributed by atoms with Crippen molar-refractivity contribution in [2.75, 3.05) is 0 Å². The van der Waals surface area contributed by atoms with Gasteiger partial charge in [-0.25, -0.2) is 8.78 Å². The summed E-state index contributed by atoms with van der Waals surface area (Å²) < 4.78 is 188. The molecule has 0 N–H and O–H groups in total. The molecular weight excluding hydrogens is 510 g/mol.